The summed E-state index contributed by atoms with van der Waals surface area (Å²) in [6.07, 6.45) is 6.96. The Labute approximate surface area is 116 Å². The van der Waals surface area contributed by atoms with E-state index in [0.29, 0.717) is 6.04 Å². The third kappa shape index (κ3) is 3.34. The lowest BCUT2D eigenvalue weighted by molar-refractivity contribution is 0.0632. The normalized spacial score (nSPS) is 19.6. The van der Waals surface area contributed by atoms with Crippen LogP contribution in [-0.2, 0) is 13.5 Å². The minimum Gasteiger partial charge on any atom is -0.315 e. The predicted molar refractivity (Wildman–Crippen MR) is 77.1 cm³/mol. The Kier molecular flexibility index (Phi) is 4.58. The third-order valence-corrected chi connectivity index (χ3v) is 4.44. The highest BCUT2D eigenvalue weighted by Gasteiger charge is 2.35. The van der Waals surface area contributed by atoms with Gasteiger partial charge in [0.05, 0.1) is 5.69 Å². The van der Waals surface area contributed by atoms with Crippen LogP contribution in [0.1, 0.15) is 38.8 Å². The number of rotatable bonds is 5. The molecule has 1 aliphatic rings. The summed E-state index contributed by atoms with van der Waals surface area (Å²) in [4.78, 5) is 2.62. The highest BCUT2D eigenvalue weighted by Crippen LogP contribution is 2.25. The molecule has 1 N–H and O–H groups in total. The van der Waals surface area contributed by atoms with Gasteiger partial charge in [-0.2, -0.15) is 0 Å². The van der Waals surface area contributed by atoms with Crippen LogP contribution in [0.2, 0.25) is 0 Å². The molecule has 0 aliphatic carbocycles. The number of likely N-dealkylation sites (tertiary alicyclic amines) is 1. The number of likely N-dealkylation sites (N-methyl/N-ethyl adjacent to an activating group) is 1. The first-order valence-electron chi connectivity index (χ1n) is 7.31. The van der Waals surface area contributed by atoms with Gasteiger partial charge in [-0.25, -0.2) is 0 Å². The Morgan fingerprint density at radius 2 is 2.00 bits per heavy atom. The molecule has 1 saturated heterocycles. The number of nitrogens with zero attached hydrogens (tertiary/aromatic N) is 4. The van der Waals surface area contributed by atoms with E-state index in [1.165, 1.54) is 32.4 Å². The third-order valence-electron chi connectivity index (χ3n) is 4.44. The van der Waals surface area contributed by atoms with Crippen LogP contribution in [-0.4, -0.2) is 51.6 Å². The summed E-state index contributed by atoms with van der Waals surface area (Å²) >= 11 is 0. The Morgan fingerprint density at radius 3 is 2.53 bits per heavy atom. The largest absolute Gasteiger partial charge is 0.315 e. The molecule has 1 aromatic heterocycles. The van der Waals surface area contributed by atoms with Crippen molar-refractivity contribution < 1.29 is 0 Å². The van der Waals surface area contributed by atoms with E-state index < -0.39 is 0 Å². The zero-order valence-electron chi connectivity index (χ0n) is 12.7. The van der Waals surface area contributed by atoms with Crippen LogP contribution in [0, 0.1) is 0 Å². The zero-order valence-corrected chi connectivity index (χ0v) is 12.7. The standard InChI is InChI=1S/C14H27N5/c1-14(2,19-8-6-5-7-9-19)13(15-3)10-12-11-18(4)17-16-12/h11,13,15H,5-10H2,1-4H3. The Bertz CT molecular complexity index is 392. The molecule has 0 spiro atoms. The van der Waals surface area contributed by atoms with Crippen LogP contribution < -0.4 is 5.32 Å². The van der Waals surface area contributed by atoms with Crippen LogP contribution >= 0.6 is 0 Å². The van der Waals surface area contributed by atoms with Crippen molar-refractivity contribution in [1.82, 2.24) is 25.2 Å². The van der Waals surface area contributed by atoms with Gasteiger partial charge < -0.3 is 5.32 Å². The maximum atomic E-state index is 4.22. The van der Waals surface area contributed by atoms with Gasteiger partial charge in [0.1, 0.15) is 0 Å². The highest BCUT2D eigenvalue weighted by atomic mass is 15.4. The maximum absolute atomic E-state index is 4.22. The Morgan fingerprint density at radius 1 is 1.32 bits per heavy atom. The topological polar surface area (TPSA) is 46.0 Å². The van der Waals surface area contributed by atoms with E-state index in [1.54, 1.807) is 4.68 Å². The Hall–Kier alpha value is -0.940. The average molecular weight is 265 g/mol. The fourth-order valence-corrected chi connectivity index (χ4v) is 3.09. The molecule has 19 heavy (non-hydrogen) atoms. The van der Waals surface area contributed by atoms with Crippen molar-refractivity contribution in [2.24, 2.45) is 7.05 Å². The summed E-state index contributed by atoms with van der Waals surface area (Å²) in [5.41, 5.74) is 1.21. The van der Waals surface area contributed by atoms with Gasteiger partial charge in [-0.15, -0.1) is 5.10 Å². The first kappa shape index (κ1) is 14.5. The minimum atomic E-state index is 0.146. The van der Waals surface area contributed by atoms with Crippen LogP contribution in [0.25, 0.3) is 0 Å². The molecule has 2 rings (SSSR count). The van der Waals surface area contributed by atoms with E-state index in [-0.39, 0.29) is 5.54 Å². The molecule has 0 saturated carbocycles. The number of hydrogen-bond donors (Lipinski definition) is 1. The van der Waals surface area contributed by atoms with Crippen LogP contribution in [0.5, 0.6) is 0 Å². The van der Waals surface area contributed by atoms with Crippen molar-refractivity contribution in [2.75, 3.05) is 20.1 Å². The van der Waals surface area contributed by atoms with Gasteiger partial charge in [-0.3, -0.25) is 9.58 Å². The van der Waals surface area contributed by atoms with Gasteiger partial charge in [0, 0.05) is 31.2 Å². The summed E-state index contributed by atoms with van der Waals surface area (Å²) in [7, 11) is 3.97. The molecule has 2 heterocycles. The lowest BCUT2D eigenvalue weighted by Gasteiger charge is -2.45. The molecule has 1 atom stereocenters. The van der Waals surface area contributed by atoms with Gasteiger partial charge in [0.25, 0.3) is 0 Å². The molecule has 1 fully saturated rings. The average Bonchev–Trinajstić information content (AvgIpc) is 2.82. The van der Waals surface area contributed by atoms with Crippen molar-refractivity contribution in [1.29, 1.82) is 0 Å². The Balaban J connectivity index is 2.06. The molecule has 5 nitrogen and oxygen atoms in total. The van der Waals surface area contributed by atoms with Crippen molar-refractivity contribution in [3.8, 4) is 0 Å². The number of aromatic nitrogens is 3. The van der Waals surface area contributed by atoms with Crippen molar-refractivity contribution in [3.05, 3.63) is 11.9 Å². The van der Waals surface area contributed by atoms with Crippen molar-refractivity contribution >= 4 is 0 Å². The number of aryl methyl sites for hydroxylation is 1. The van der Waals surface area contributed by atoms with Crippen LogP contribution in [0.3, 0.4) is 0 Å². The second-order valence-corrected chi connectivity index (χ2v) is 6.13. The maximum Gasteiger partial charge on any atom is 0.0843 e. The zero-order chi connectivity index (χ0) is 13.9. The van der Waals surface area contributed by atoms with Gasteiger partial charge in [-0.05, 0) is 46.8 Å². The van der Waals surface area contributed by atoms with E-state index in [0.717, 1.165) is 12.1 Å². The van der Waals surface area contributed by atoms with Crippen LogP contribution in [0.4, 0.5) is 0 Å². The highest BCUT2D eigenvalue weighted by molar-refractivity contribution is 5.03. The number of hydrogen-bond acceptors (Lipinski definition) is 4. The fourth-order valence-electron chi connectivity index (χ4n) is 3.09. The van der Waals surface area contributed by atoms with E-state index in [9.17, 15) is 0 Å². The smallest absolute Gasteiger partial charge is 0.0843 e. The van der Waals surface area contributed by atoms with E-state index in [2.05, 4.69) is 34.4 Å². The molecule has 0 amide bonds. The van der Waals surface area contributed by atoms with E-state index >= 15 is 0 Å². The molecule has 0 radical (unpaired) electrons. The van der Waals surface area contributed by atoms with E-state index in [4.69, 9.17) is 0 Å². The summed E-state index contributed by atoms with van der Waals surface area (Å²) in [6, 6.07) is 0.391. The lowest BCUT2D eigenvalue weighted by atomic mass is 9.87. The molecule has 5 heteroatoms. The van der Waals surface area contributed by atoms with Gasteiger partial charge >= 0.3 is 0 Å². The minimum absolute atomic E-state index is 0.146. The van der Waals surface area contributed by atoms with Crippen molar-refractivity contribution in [2.45, 2.75) is 51.1 Å². The molecular formula is C14H27N5. The lowest BCUT2D eigenvalue weighted by Crippen LogP contribution is -2.59. The monoisotopic (exact) mass is 265 g/mol. The molecular weight excluding hydrogens is 238 g/mol. The number of nitrogens with one attached hydrogen (secondary N) is 1. The molecule has 108 valence electrons. The number of piperidine rings is 1. The molecule has 0 aromatic carbocycles. The second-order valence-electron chi connectivity index (χ2n) is 6.13. The summed E-state index contributed by atoms with van der Waals surface area (Å²) in [6.45, 7) is 7.11. The molecule has 0 bridgehead atoms. The molecule has 1 unspecified atom stereocenters. The van der Waals surface area contributed by atoms with Crippen LogP contribution in [0.15, 0.2) is 6.20 Å². The van der Waals surface area contributed by atoms with Gasteiger partial charge in [-0.1, -0.05) is 11.6 Å². The summed E-state index contributed by atoms with van der Waals surface area (Å²) < 4.78 is 1.77. The molecule has 1 aromatic rings. The van der Waals surface area contributed by atoms with E-state index in [1.807, 2.05) is 20.3 Å². The van der Waals surface area contributed by atoms with Gasteiger partial charge in [0.2, 0.25) is 0 Å². The second kappa shape index (κ2) is 6.01. The fraction of sp³-hybridized carbons (Fsp3) is 0.857. The SMILES string of the molecule is CNC(Cc1cn(C)nn1)C(C)(C)N1CCCCC1. The van der Waals surface area contributed by atoms with Crippen molar-refractivity contribution in [3.63, 3.8) is 0 Å². The summed E-state index contributed by atoms with van der Waals surface area (Å²) in [5.74, 6) is 0. The summed E-state index contributed by atoms with van der Waals surface area (Å²) in [5, 5.41) is 11.7. The quantitative estimate of drug-likeness (QED) is 0.869. The van der Waals surface area contributed by atoms with Gasteiger partial charge in [0.15, 0.2) is 0 Å². The molecule has 1 aliphatic heterocycles. The first-order valence-corrected chi connectivity index (χ1v) is 7.31. The predicted octanol–water partition coefficient (Wildman–Crippen LogP) is 1.21. The first-order chi connectivity index (χ1) is 9.04.